The predicted octanol–water partition coefficient (Wildman–Crippen LogP) is 2.92. The van der Waals surface area contributed by atoms with Crippen LogP contribution in [0.15, 0.2) is 42.5 Å². The smallest absolute Gasteiger partial charge is 0.165 e. The van der Waals surface area contributed by atoms with E-state index in [0.717, 1.165) is 5.56 Å². The lowest BCUT2D eigenvalue weighted by Gasteiger charge is -2.09. The number of carbonyl (C=O) groups excluding carboxylic acids is 1. The summed E-state index contributed by atoms with van der Waals surface area (Å²) in [6.45, 7) is 0.127. The highest BCUT2D eigenvalue weighted by Gasteiger charge is 2.09. The second kappa shape index (κ2) is 5.31. The fraction of sp³-hybridized carbons (Fsp3) is 0.0714. The number of aromatic hydroxyl groups is 1. The van der Waals surface area contributed by atoms with Gasteiger partial charge in [-0.25, -0.2) is 4.39 Å². The molecule has 2 rings (SSSR count). The summed E-state index contributed by atoms with van der Waals surface area (Å²) in [5.41, 5.74) is 0.946. The summed E-state index contributed by atoms with van der Waals surface area (Å²) in [6, 6.07) is 10.5. The van der Waals surface area contributed by atoms with Gasteiger partial charge in [0.1, 0.15) is 12.4 Å². The predicted molar refractivity (Wildman–Crippen MR) is 64.2 cm³/mol. The van der Waals surface area contributed by atoms with E-state index >= 15 is 0 Å². The van der Waals surface area contributed by atoms with Gasteiger partial charge in [-0.15, -0.1) is 0 Å². The Kier molecular flexibility index (Phi) is 3.57. The van der Waals surface area contributed by atoms with E-state index in [1.165, 1.54) is 30.3 Å². The highest BCUT2D eigenvalue weighted by molar-refractivity contribution is 5.79. The fourth-order valence-corrected chi connectivity index (χ4v) is 1.52. The van der Waals surface area contributed by atoms with Gasteiger partial charge in [-0.05, 0) is 29.8 Å². The molecule has 0 saturated heterocycles. The van der Waals surface area contributed by atoms with Crippen LogP contribution in [0.5, 0.6) is 11.5 Å². The molecule has 92 valence electrons. The van der Waals surface area contributed by atoms with Crippen LogP contribution in [-0.4, -0.2) is 11.4 Å². The minimum absolute atomic E-state index is 0.0550. The Balaban J connectivity index is 2.15. The number of halogens is 1. The number of phenols is 1. The quantitative estimate of drug-likeness (QED) is 0.844. The normalized spacial score (nSPS) is 10.1. The lowest BCUT2D eigenvalue weighted by atomic mass is 10.2. The van der Waals surface area contributed by atoms with Gasteiger partial charge in [0.25, 0.3) is 0 Å². The number of carbonyl (C=O) groups is 1. The lowest BCUT2D eigenvalue weighted by molar-refractivity contribution is 0.111. The molecule has 18 heavy (non-hydrogen) atoms. The van der Waals surface area contributed by atoms with Crippen molar-refractivity contribution in [2.75, 3.05) is 0 Å². The van der Waals surface area contributed by atoms with E-state index in [9.17, 15) is 9.18 Å². The van der Waals surface area contributed by atoms with Gasteiger partial charge in [0, 0.05) is 0 Å². The zero-order valence-electron chi connectivity index (χ0n) is 9.47. The lowest BCUT2D eigenvalue weighted by Crippen LogP contribution is -2.00. The first-order valence-electron chi connectivity index (χ1n) is 5.35. The van der Waals surface area contributed by atoms with Crippen LogP contribution >= 0.6 is 0 Å². The molecule has 0 aliphatic rings. The van der Waals surface area contributed by atoms with Crippen molar-refractivity contribution in [3.8, 4) is 11.5 Å². The molecule has 0 heterocycles. The Morgan fingerprint density at radius 3 is 2.56 bits per heavy atom. The highest BCUT2D eigenvalue weighted by atomic mass is 19.1. The molecule has 4 heteroatoms. The second-order valence-electron chi connectivity index (χ2n) is 3.73. The molecule has 0 aliphatic heterocycles. The Bertz CT molecular complexity index is 549. The van der Waals surface area contributed by atoms with Gasteiger partial charge in [-0.2, -0.15) is 0 Å². The third-order valence-electron chi connectivity index (χ3n) is 2.44. The van der Waals surface area contributed by atoms with Gasteiger partial charge in [0.15, 0.2) is 17.9 Å². The first kappa shape index (κ1) is 12.1. The minimum atomic E-state index is -0.571. The van der Waals surface area contributed by atoms with Crippen molar-refractivity contribution in [2.24, 2.45) is 0 Å². The van der Waals surface area contributed by atoms with Gasteiger partial charge in [0.2, 0.25) is 0 Å². The number of para-hydroxylation sites is 1. The molecule has 0 bridgehead atoms. The van der Waals surface area contributed by atoms with E-state index in [0.29, 0.717) is 6.29 Å². The molecule has 0 fully saturated rings. The van der Waals surface area contributed by atoms with E-state index in [-0.39, 0.29) is 23.7 Å². The molecule has 1 N–H and O–H groups in total. The van der Waals surface area contributed by atoms with Gasteiger partial charge in [0.05, 0.1) is 5.56 Å². The summed E-state index contributed by atoms with van der Waals surface area (Å²) in [7, 11) is 0. The van der Waals surface area contributed by atoms with Crippen LogP contribution in [0.1, 0.15) is 15.9 Å². The summed E-state index contributed by atoms with van der Waals surface area (Å²) in [6.07, 6.45) is 0.551. The van der Waals surface area contributed by atoms with Crippen molar-refractivity contribution in [1.29, 1.82) is 0 Å². The van der Waals surface area contributed by atoms with Crippen molar-refractivity contribution < 1.29 is 19.0 Å². The average molecular weight is 246 g/mol. The van der Waals surface area contributed by atoms with Crippen LogP contribution in [0, 0.1) is 5.82 Å². The average Bonchev–Trinajstić information content (AvgIpc) is 2.39. The Morgan fingerprint density at radius 2 is 1.89 bits per heavy atom. The standard InChI is InChI=1S/C14H11FO3/c15-13-3-1-2-11(8-16)14(13)18-9-10-4-6-12(17)7-5-10/h1-8,17H,9H2. The van der Waals surface area contributed by atoms with Gasteiger partial charge in [-0.1, -0.05) is 18.2 Å². The van der Waals surface area contributed by atoms with Gasteiger partial charge in [-0.3, -0.25) is 4.79 Å². The molecule has 0 radical (unpaired) electrons. The number of phenolic OH excluding ortho intramolecular Hbond substituents is 1. The van der Waals surface area contributed by atoms with E-state index in [1.54, 1.807) is 12.1 Å². The number of aldehydes is 1. The maximum Gasteiger partial charge on any atom is 0.165 e. The van der Waals surface area contributed by atoms with E-state index in [2.05, 4.69) is 0 Å². The number of ether oxygens (including phenoxy) is 1. The van der Waals surface area contributed by atoms with E-state index < -0.39 is 5.82 Å². The first-order valence-corrected chi connectivity index (χ1v) is 5.35. The number of hydrogen-bond donors (Lipinski definition) is 1. The van der Waals surface area contributed by atoms with Crippen LogP contribution in [0.2, 0.25) is 0 Å². The van der Waals surface area contributed by atoms with Crippen molar-refractivity contribution in [1.82, 2.24) is 0 Å². The molecule has 2 aromatic carbocycles. The van der Waals surface area contributed by atoms with Gasteiger partial charge >= 0.3 is 0 Å². The molecule has 0 amide bonds. The summed E-state index contributed by atoms with van der Waals surface area (Å²) in [5.74, 6) is -0.475. The third-order valence-corrected chi connectivity index (χ3v) is 2.44. The second-order valence-corrected chi connectivity index (χ2v) is 3.73. The molecule has 2 aromatic rings. The van der Waals surface area contributed by atoms with E-state index in [4.69, 9.17) is 9.84 Å². The van der Waals surface area contributed by atoms with Crippen LogP contribution < -0.4 is 4.74 Å². The molecular formula is C14H11FO3. The Labute approximate surface area is 103 Å². The SMILES string of the molecule is O=Cc1cccc(F)c1OCc1ccc(O)cc1. The van der Waals surface area contributed by atoms with Crippen LogP contribution in [-0.2, 0) is 6.61 Å². The van der Waals surface area contributed by atoms with Gasteiger partial charge < -0.3 is 9.84 Å². The van der Waals surface area contributed by atoms with E-state index in [1.807, 2.05) is 0 Å². The van der Waals surface area contributed by atoms with Crippen molar-refractivity contribution in [2.45, 2.75) is 6.61 Å². The van der Waals surface area contributed by atoms with Crippen molar-refractivity contribution in [3.05, 3.63) is 59.4 Å². The van der Waals surface area contributed by atoms with Crippen LogP contribution in [0.25, 0.3) is 0 Å². The molecule has 0 aromatic heterocycles. The zero-order chi connectivity index (χ0) is 13.0. The largest absolute Gasteiger partial charge is 0.508 e. The molecule has 0 unspecified atom stereocenters. The Hall–Kier alpha value is -2.36. The fourth-order valence-electron chi connectivity index (χ4n) is 1.52. The molecular weight excluding hydrogens is 235 g/mol. The summed E-state index contributed by atoms with van der Waals surface area (Å²) in [4.78, 5) is 10.8. The Morgan fingerprint density at radius 1 is 1.17 bits per heavy atom. The molecule has 0 atom stereocenters. The maximum atomic E-state index is 13.5. The molecule has 0 spiro atoms. The monoisotopic (exact) mass is 246 g/mol. The number of hydrogen-bond acceptors (Lipinski definition) is 3. The summed E-state index contributed by atoms with van der Waals surface area (Å²) < 4.78 is 18.8. The highest BCUT2D eigenvalue weighted by Crippen LogP contribution is 2.22. The van der Waals surface area contributed by atoms with Crippen molar-refractivity contribution in [3.63, 3.8) is 0 Å². The molecule has 0 aliphatic carbocycles. The summed E-state index contributed by atoms with van der Waals surface area (Å²) >= 11 is 0. The first-order chi connectivity index (χ1) is 8.70. The van der Waals surface area contributed by atoms with Crippen LogP contribution in [0.4, 0.5) is 4.39 Å². The topological polar surface area (TPSA) is 46.5 Å². The zero-order valence-corrected chi connectivity index (χ0v) is 9.47. The molecule has 0 saturated carbocycles. The van der Waals surface area contributed by atoms with Crippen LogP contribution in [0.3, 0.4) is 0 Å². The summed E-state index contributed by atoms with van der Waals surface area (Å²) in [5, 5.41) is 9.12. The third kappa shape index (κ3) is 2.66. The number of rotatable bonds is 4. The number of benzene rings is 2. The minimum Gasteiger partial charge on any atom is -0.508 e. The van der Waals surface area contributed by atoms with Crippen molar-refractivity contribution >= 4 is 6.29 Å². The molecule has 3 nitrogen and oxygen atoms in total. The maximum absolute atomic E-state index is 13.5.